The third-order valence-corrected chi connectivity index (χ3v) is 4.15. The van der Waals surface area contributed by atoms with Crippen molar-refractivity contribution in [2.75, 3.05) is 37.2 Å². The van der Waals surface area contributed by atoms with E-state index in [-0.39, 0.29) is 5.95 Å². The minimum absolute atomic E-state index is 0.135. The van der Waals surface area contributed by atoms with Gasteiger partial charge < -0.3 is 11.1 Å². The van der Waals surface area contributed by atoms with Crippen molar-refractivity contribution in [1.82, 2.24) is 24.6 Å². The highest BCUT2D eigenvalue weighted by Gasteiger charge is 2.32. The van der Waals surface area contributed by atoms with Gasteiger partial charge in [0.25, 0.3) is 0 Å². The SMILES string of the molecule is Nc1nc(NCC2CCN(CC(F)(F)F)CC2)cc(-n2cccn2)n1. The van der Waals surface area contributed by atoms with Gasteiger partial charge in [-0.15, -0.1) is 0 Å². The minimum atomic E-state index is -4.13. The molecule has 3 heterocycles. The first-order valence-electron chi connectivity index (χ1n) is 8.06. The van der Waals surface area contributed by atoms with Crippen molar-refractivity contribution in [3.63, 3.8) is 0 Å². The normalized spacial score (nSPS) is 16.9. The third kappa shape index (κ3) is 5.05. The number of nitrogen functional groups attached to an aromatic ring is 1. The molecule has 1 fully saturated rings. The molecule has 0 spiro atoms. The van der Waals surface area contributed by atoms with E-state index in [1.807, 2.05) is 0 Å². The van der Waals surface area contributed by atoms with E-state index in [0.717, 1.165) is 12.8 Å². The summed E-state index contributed by atoms with van der Waals surface area (Å²) in [6.45, 7) is 0.713. The highest BCUT2D eigenvalue weighted by molar-refractivity contribution is 5.45. The molecule has 0 radical (unpaired) electrons. The highest BCUT2D eigenvalue weighted by Crippen LogP contribution is 2.23. The minimum Gasteiger partial charge on any atom is -0.370 e. The molecule has 136 valence electrons. The smallest absolute Gasteiger partial charge is 0.370 e. The van der Waals surface area contributed by atoms with E-state index >= 15 is 0 Å². The second-order valence-electron chi connectivity index (χ2n) is 6.14. The number of piperidine rings is 1. The molecule has 0 amide bonds. The van der Waals surface area contributed by atoms with Crippen LogP contribution in [0.3, 0.4) is 0 Å². The molecule has 0 aromatic carbocycles. The molecular weight excluding hydrogens is 335 g/mol. The van der Waals surface area contributed by atoms with Crippen molar-refractivity contribution in [2.24, 2.45) is 5.92 Å². The molecule has 1 aliphatic heterocycles. The van der Waals surface area contributed by atoms with Crippen LogP contribution in [0.25, 0.3) is 5.82 Å². The molecule has 0 bridgehead atoms. The molecule has 1 aliphatic rings. The molecule has 0 atom stereocenters. The summed E-state index contributed by atoms with van der Waals surface area (Å²) in [6, 6.07) is 3.52. The maximum absolute atomic E-state index is 12.4. The van der Waals surface area contributed by atoms with E-state index in [2.05, 4.69) is 20.4 Å². The maximum Gasteiger partial charge on any atom is 0.401 e. The number of likely N-dealkylation sites (tertiary alicyclic amines) is 1. The van der Waals surface area contributed by atoms with Crippen LogP contribution in [0.4, 0.5) is 24.9 Å². The van der Waals surface area contributed by atoms with E-state index in [0.29, 0.717) is 37.2 Å². The Labute approximate surface area is 143 Å². The Hall–Kier alpha value is -2.36. The number of halogens is 3. The van der Waals surface area contributed by atoms with Gasteiger partial charge in [-0.2, -0.15) is 28.2 Å². The largest absolute Gasteiger partial charge is 0.401 e. The number of hydrogen-bond donors (Lipinski definition) is 2. The second kappa shape index (κ2) is 7.26. The lowest BCUT2D eigenvalue weighted by Gasteiger charge is -2.32. The average Bonchev–Trinajstić information content (AvgIpc) is 3.07. The molecule has 7 nitrogen and oxygen atoms in total. The standard InChI is InChI=1S/C15H20F3N7/c16-15(17,18)10-24-6-2-11(3-7-24)9-20-12-8-13(23-14(19)22-12)25-5-1-4-21-25/h1,4-5,8,11H,2-3,6-7,9-10H2,(H3,19,20,22,23). The zero-order valence-corrected chi connectivity index (χ0v) is 13.6. The maximum atomic E-state index is 12.4. The number of anilines is 2. The zero-order chi connectivity index (χ0) is 17.9. The third-order valence-electron chi connectivity index (χ3n) is 4.15. The quantitative estimate of drug-likeness (QED) is 0.853. The van der Waals surface area contributed by atoms with Gasteiger partial charge in [0.15, 0.2) is 5.82 Å². The number of aromatic nitrogens is 4. The van der Waals surface area contributed by atoms with Gasteiger partial charge in [-0.1, -0.05) is 0 Å². The van der Waals surface area contributed by atoms with Gasteiger partial charge in [0.1, 0.15) is 5.82 Å². The van der Waals surface area contributed by atoms with Crippen LogP contribution >= 0.6 is 0 Å². The molecule has 10 heteroatoms. The molecule has 25 heavy (non-hydrogen) atoms. The van der Waals surface area contributed by atoms with Crippen molar-refractivity contribution in [3.8, 4) is 5.82 Å². The Morgan fingerprint density at radius 3 is 2.64 bits per heavy atom. The van der Waals surface area contributed by atoms with Crippen molar-refractivity contribution >= 4 is 11.8 Å². The van der Waals surface area contributed by atoms with Gasteiger partial charge in [0.2, 0.25) is 5.95 Å². The van der Waals surface area contributed by atoms with E-state index in [1.165, 1.54) is 4.90 Å². The lowest BCUT2D eigenvalue weighted by molar-refractivity contribution is -0.148. The van der Waals surface area contributed by atoms with Gasteiger partial charge >= 0.3 is 6.18 Å². The average molecular weight is 355 g/mol. The summed E-state index contributed by atoms with van der Waals surface area (Å²) >= 11 is 0. The van der Waals surface area contributed by atoms with Crippen LogP contribution in [-0.2, 0) is 0 Å². The summed E-state index contributed by atoms with van der Waals surface area (Å²) in [7, 11) is 0. The van der Waals surface area contributed by atoms with Crippen molar-refractivity contribution in [1.29, 1.82) is 0 Å². The number of alkyl halides is 3. The van der Waals surface area contributed by atoms with Gasteiger partial charge in [-0.3, -0.25) is 4.90 Å². The summed E-state index contributed by atoms with van der Waals surface area (Å²) in [5, 5.41) is 7.31. The first-order valence-corrected chi connectivity index (χ1v) is 8.06. The van der Waals surface area contributed by atoms with Crippen molar-refractivity contribution in [2.45, 2.75) is 19.0 Å². The van der Waals surface area contributed by atoms with Gasteiger partial charge in [0, 0.05) is 25.0 Å². The van der Waals surface area contributed by atoms with Crippen LogP contribution in [0.5, 0.6) is 0 Å². The number of nitrogens with one attached hydrogen (secondary N) is 1. The Kier molecular flexibility index (Phi) is 5.07. The fraction of sp³-hybridized carbons (Fsp3) is 0.533. The summed E-state index contributed by atoms with van der Waals surface area (Å²) in [5.41, 5.74) is 5.73. The Morgan fingerprint density at radius 1 is 1.24 bits per heavy atom. The van der Waals surface area contributed by atoms with Crippen molar-refractivity contribution in [3.05, 3.63) is 24.5 Å². The molecule has 0 saturated carbocycles. The molecule has 3 N–H and O–H groups in total. The predicted molar refractivity (Wildman–Crippen MR) is 87.3 cm³/mol. The molecule has 3 rings (SSSR count). The Bertz CT molecular complexity index is 679. The van der Waals surface area contributed by atoms with Gasteiger partial charge in [-0.05, 0) is 37.9 Å². The predicted octanol–water partition coefficient (Wildman–Crippen LogP) is 1.93. The second-order valence-corrected chi connectivity index (χ2v) is 6.14. The monoisotopic (exact) mass is 355 g/mol. The molecule has 2 aromatic heterocycles. The summed E-state index contributed by atoms with van der Waals surface area (Å²) < 4.78 is 38.8. The molecule has 0 unspecified atom stereocenters. The molecular formula is C15H20F3N7. The number of nitrogens with two attached hydrogens (primary N) is 1. The topological polar surface area (TPSA) is 84.9 Å². The fourth-order valence-electron chi connectivity index (χ4n) is 2.92. The van der Waals surface area contributed by atoms with Crippen LogP contribution < -0.4 is 11.1 Å². The summed E-state index contributed by atoms with van der Waals surface area (Å²) in [6.07, 6.45) is 0.694. The van der Waals surface area contributed by atoms with E-state index in [9.17, 15) is 13.2 Å². The number of nitrogens with zero attached hydrogens (tertiary/aromatic N) is 5. The number of hydrogen-bond acceptors (Lipinski definition) is 6. The Balaban J connectivity index is 1.53. The first kappa shape index (κ1) is 17.5. The van der Waals surface area contributed by atoms with Crippen LogP contribution in [0.15, 0.2) is 24.5 Å². The summed E-state index contributed by atoms with van der Waals surface area (Å²) in [5.74, 6) is 1.57. The molecule has 2 aromatic rings. The zero-order valence-electron chi connectivity index (χ0n) is 13.6. The lowest BCUT2D eigenvalue weighted by Crippen LogP contribution is -2.41. The molecule has 1 saturated heterocycles. The van der Waals surface area contributed by atoms with Crippen LogP contribution in [-0.4, -0.2) is 57.0 Å². The molecule has 0 aliphatic carbocycles. The van der Waals surface area contributed by atoms with Crippen LogP contribution in [0, 0.1) is 5.92 Å². The van der Waals surface area contributed by atoms with Crippen LogP contribution in [0.1, 0.15) is 12.8 Å². The van der Waals surface area contributed by atoms with Gasteiger partial charge in [0.05, 0.1) is 6.54 Å². The van der Waals surface area contributed by atoms with E-state index in [1.54, 1.807) is 29.2 Å². The summed E-state index contributed by atoms with van der Waals surface area (Å²) in [4.78, 5) is 9.73. The van der Waals surface area contributed by atoms with E-state index in [4.69, 9.17) is 5.73 Å². The first-order chi connectivity index (χ1) is 11.9. The number of rotatable bonds is 5. The van der Waals surface area contributed by atoms with Crippen LogP contribution in [0.2, 0.25) is 0 Å². The van der Waals surface area contributed by atoms with Crippen molar-refractivity contribution < 1.29 is 13.2 Å². The lowest BCUT2D eigenvalue weighted by atomic mass is 9.97. The fourth-order valence-corrected chi connectivity index (χ4v) is 2.92. The highest BCUT2D eigenvalue weighted by atomic mass is 19.4. The van der Waals surface area contributed by atoms with Gasteiger partial charge in [-0.25, -0.2) is 4.68 Å². The Morgan fingerprint density at radius 2 is 2.00 bits per heavy atom. The van der Waals surface area contributed by atoms with E-state index < -0.39 is 12.7 Å².